The summed E-state index contributed by atoms with van der Waals surface area (Å²) in [7, 11) is 1.50. The van der Waals surface area contributed by atoms with Crippen LogP contribution in [0.15, 0.2) is 36.4 Å². The first-order valence-corrected chi connectivity index (χ1v) is 5.45. The summed E-state index contributed by atoms with van der Waals surface area (Å²) in [4.78, 5) is 0. The summed E-state index contributed by atoms with van der Waals surface area (Å²) in [6, 6.07) is 10.8. The minimum Gasteiger partial charge on any atom is -0.494 e. The van der Waals surface area contributed by atoms with Gasteiger partial charge in [-0.15, -0.1) is 0 Å². The molecule has 0 saturated carbocycles. The number of para-hydroxylation sites is 1. The van der Waals surface area contributed by atoms with Gasteiger partial charge in [-0.05, 0) is 24.3 Å². The summed E-state index contributed by atoms with van der Waals surface area (Å²) in [6.45, 7) is 0. The van der Waals surface area contributed by atoms with Crippen LogP contribution in [-0.4, -0.2) is 7.11 Å². The molecular formula is C14H11FN2O2. The Morgan fingerprint density at radius 1 is 1.21 bits per heavy atom. The number of benzene rings is 2. The predicted molar refractivity (Wildman–Crippen MR) is 68.6 cm³/mol. The van der Waals surface area contributed by atoms with Gasteiger partial charge in [0.25, 0.3) is 0 Å². The third-order valence-electron chi connectivity index (χ3n) is 2.53. The quantitative estimate of drug-likeness (QED) is 0.859. The number of nitriles is 1. The number of nitrogens with two attached hydrogens (primary N) is 1. The maximum atomic E-state index is 13.4. The highest BCUT2D eigenvalue weighted by atomic mass is 19.1. The van der Waals surface area contributed by atoms with E-state index in [9.17, 15) is 4.39 Å². The number of hydrogen-bond acceptors (Lipinski definition) is 4. The second-order valence-corrected chi connectivity index (χ2v) is 3.73. The highest BCUT2D eigenvalue weighted by Crippen LogP contribution is 2.34. The van der Waals surface area contributed by atoms with E-state index in [4.69, 9.17) is 20.5 Å². The van der Waals surface area contributed by atoms with E-state index >= 15 is 0 Å². The Hall–Kier alpha value is -2.74. The van der Waals surface area contributed by atoms with E-state index in [1.165, 1.54) is 19.2 Å². The van der Waals surface area contributed by atoms with E-state index in [-0.39, 0.29) is 11.3 Å². The standard InChI is InChI=1S/C14H11FN2O2/c1-18-12-3-2-4-13(14(12)17)19-10-6-5-9(8-16)11(15)7-10/h2-7H,17H2,1H3. The van der Waals surface area contributed by atoms with E-state index < -0.39 is 5.82 Å². The largest absolute Gasteiger partial charge is 0.494 e. The Labute approximate surface area is 109 Å². The van der Waals surface area contributed by atoms with Crippen molar-refractivity contribution in [2.45, 2.75) is 0 Å². The number of ether oxygens (including phenoxy) is 2. The number of anilines is 1. The molecule has 5 heteroatoms. The van der Waals surface area contributed by atoms with Crippen molar-refractivity contribution in [3.8, 4) is 23.3 Å². The molecule has 0 amide bonds. The van der Waals surface area contributed by atoms with Gasteiger partial charge in [0, 0.05) is 6.07 Å². The molecule has 0 aromatic heterocycles. The van der Waals surface area contributed by atoms with Gasteiger partial charge in [0.15, 0.2) is 5.75 Å². The van der Waals surface area contributed by atoms with Crippen molar-refractivity contribution in [3.05, 3.63) is 47.8 Å². The van der Waals surface area contributed by atoms with Crippen LogP contribution >= 0.6 is 0 Å². The zero-order valence-electron chi connectivity index (χ0n) is 10.2. The predicted octanol–water partition coefficient (Wildman–Crippen LogP) is 3.08. The lowest BCUT2D eigenvalue weighted by Crippen LogP contribution is -1.96. The Balaban J connectivity index is 2.32. The van der Waals surface area contributed by atoms with E-state index in [0.29, 0.717) is 17.2 Å². The van der Waals surface area contributed by atoms with Crippen molar-refractivity contribution < 1.29 is 13.9 Å². The third kappa shape index (κ3) is 2.58. The van der Waals surface area contributed by atoms with Gasteiger partial charge in [0.2, 0.25) is 0 Å². The lowest BCUT2D eigenvalue weighted by atomic mass is 10.2. The van der Waals surface area contributed by atoms with Crippen molar-refractivity contribution in [3.63, 3.8) is 0 Å². The van der Waals surface area contributed by atoms with Crippen LogP contribution in [0.3, 0.4) is 0 Å². The van der Waals surface area contributed by atoms with Crippen LogP contribution in [0.5, 0.6) is 17.2 Å². The maximum absolute atomic E-state index is 13.4. The summed E-state index contributed by atoms with van der Waals surface area (Å²) in [5.41, 5.74) is 6.13. The molecular weight excluding hydrogens is 247 g/mol. The molecule has 0 radical (unpaired) electrons. The van der Waals surface area contributed by atoms with Crippen molar-refractivity contribution in [1.29, 1.82) is 5.26 Å². The number of halogens is 1. The molecule has 0 aliphatic carbocycles. The summed E-state index contributed by atoms with van der Waals surface area (Å²) in [5.74, 6) is 0.466. The zero-order chi connectivity index (χ0) is 13.8. The molecule has 0 bridgehead atoms. The lowest BCUT2D eigenvalue weighted by Gasteiger charge is -2.11. The highest BCUT2D eigenvalue weighted by molar-refractivity contribution is 5.63. The van der Waals surface area contributed by atoms with Gasteiger partial charge in [0.05, 0.1) is 12.7 Å². The van der Waals surface area contributed by atoms with E-state index in [1.54, 1.807) is 24.3 Å². The molecule has 2 N–H and O–H groups in total. The fraction of sp³-hybridized carbons (Fsp3) is 0.0714. The minimum atomic E-state index is -0.638. The third-order valence-corrected chi connectivity index (χ3v) is 2.53. The first kappa shape index (κ1) is 12.7. The number of rotatable bonds is 3. The molecule has 2 aromatic carbocycles. The number of nitrogen functional groups attached to an aromatic ring is 1. The van der Waals surface area contributed by atoms with E-state index in [2.05, 4.69) is 0 Å². The molecule has 2 rings (SSSR count). The van der Waals surface area contributed by atoms with Crippen molar-refractivity contribution in [2.24, 2.45) is 0 Å². The summed E-state index contributed by atoms with van der Waals surface area (Å²) >= 11 is 0. The van der Waals surface area contributed by atoms with Crippen molar-refractivity contribution in [1.82, 2.24) is 0 Å². The van der Waals surface area contributed by atoms with E-state index in [0.717, 1.165) is 6.07 Å². The molecule has 0 aliphatic rings. The van der Waals surface area contributed by atoms with Crippen molar-refractivity contribution >= 4 is 5.69 Å². The Morgan fingerprint density at radius 3 is 2.58 bits per heavy atom. The Morgan fingerprint density at radius 2 is 1.95 bits per heavy atom. The van der Waals surface area contributed by atoms with Gasteiger partial charge in [-0.3, -0.25) is 0 Å². The fourth-order valence-corrected chi connectivity index (χ4v) is 1.57. The van der Waals surface area contributed by atoms with Crippen LogP contribution in [0.1, 0.15) is 5.56 Å². The molecule has 0 heterocycles. The van der Waals surface area contributed by atoms with Gasteiger partial charge in [-0.2, -0.15) is 5.26 Å². The van der Waals surface area contributed by atoms with Gasteiger partial charge in [0.1, 0.15) is 29.1 Å². The Kier molecular flexibility index (Phi) is 3.53. The Bertz CT molecular complexity index is 650. The monoisotopic (exact) mass is 258 g/mol. The smallest absolute Gasteiger partial charge is 0.154 e. The van der Waals surface area contributed by atoms with Gasteiger partial charge < -0.3 is 15.2 Å². The second kappa shape index (κ2) is 5.27. The van der Waals surface area contributed by atoms with Gasteiger partial charge in [-0.1, -0.05) is 6.07 Å². The number of nitrogens with zero attached hydrogens (tertiary/aromatic N) is 1. The summed E-state index contributed by atoms with van der Waals surface area (Å²) in [5, 5.41) is 8.64. The van der Waals surface area contributed by atoms with Crippen LogP contribution in [0.2, 0.25) is 0 Å². The van der Waals surface area contributed by atoms with Crippen LogP contribution < -0.4 is 15.2 Å². The minimum absolute atomic E-state index is 0.0361. The summed E-state index contributed by atoms with van der Waals surface area (Å²) in [6.07, 6.45) is 0. The van der Waals surface area contributed by atoms with Crippen LogP contribution in [-0.2, 0) is 0 Å². The average Bonchev–Trinajstić information content (AvgIpc) is 2.41. The average molecular weight is 258 g/mol. The molecule has 96 valence electrons. The highest BCUT2D eigenvalue weighted by Gasteiger charge is 2.09. The number of methoxy groups -OCH3 is 1. The lowest BCUT2D eigenvalue weighted by molar-refractivity contribution is 0.412. The first-order chi connectivity index (χ1) is 9.15. The van der Waals surface area contributed by atoms with Gasteiger partial charge >= 0.3 is 0 Å². The molecule has 0 unspecified atom stereocenters. The maximum Gasteiger partial charge on any atom is 0.154 e. The second-order valence-electron chi connectivity index (χ2n) is 3.73. The van der Waals surface area contributed by atoms with Crippen LogP contribution in [0.4, 0.5) is 10.1 Å². The van der Waals surface area contributed by atoms with Crippen LogP contribution in [0.25, 0.3) is 0 Å². The molecule has 19 heavy (non-hydrogen) atoms. The fourth-order valence-electron chi connectivity index (χ4n) is 1.57. The van der Waals surface area contributed by atoms with Crippen LogP contribution in [0, 0.1) is 17.1 Å². The number of hydrogen-bond donors (Lipinski definition) is 1. The van der Waals surface area contributed by atoms with Crippen molar-refractivity contribution in [2.75, 3.05) is 12.8 Å². The topological polar surface area (TPSA) is 68.3 Å². The van der Waals surface area contributed by atoms with Gasteiger partial charge in [-0.25, -0.2) is 4.39 Å². The first-order valence-electron chi connectivity index (χ1n) is 5.45. The van der Waals surface area contributed by atoms with E-state index in [1.807, 2.05) is 0 Å². The molecule has 4 nitrogen and oxygen atoms in total. The SMILES string of the molecule is COc1cccc(Oc2ccc(C#N)c(F)c2)c1N. The molecule has 0 atom stereocenters. The molecule has 0 spiro atoms. The zero-order valence-corrected chi connectivity index (χ0v) is 10.2. The normalized spacial score (nSPS) is 9.74. The molecule has 0 saturated heterocycles. The molecule has 0 fully saturated rings. The molecule has 2 aromatic rings. The molecule has 0 aliphatic heterocycles. The summed E-state index contributed by atoms with van der Waals surface area (Å²) < 4.78 is 24.0.